The van der Waals surface area contributed by atoms with Gasteiger partial charge < -0.3 is 9.84 Å². The van der Waals surface area contributed by atoms with Crippen LogP contribution in [-0.2, 0) is 19.3 Å². The summed E-state index contributed by atoms with van der Waals surface area (Å²) >= 11 is 6.42. The molecule has 6 heteroatoms. The first kappa shape index (κ1) is 22.3. The quantitative estimate of drug-likeness (QED) is 0.375. The van der Waals surface area contributed by atoms with Gasteiger partial charge in [-0.1, -0.05) is 11.6 Å². The minimum absolute atomic E-state index is 0.124. The van der Waals surface area contributed by atoms with Gasteiger partial charge in [-0.3, -0.25) is 4.98 Å². The molecule has 1 fully saturated rings. The number of aliphatic hydroxyl groups is 1. The Morgan fingerprint density at radius 2 is 1.91 bits per heavy atom. The number of benzene rings is 2. The molecule has 0 radical (unpaired) electrons. The van der Waals surface area contributed by atoms with Crippen molar-refractivity contribution in [1.82, 2.24) is 4.98 Å². The highest BCUT2D eigenvalue weighted by molar-refractivity contribution is 6.33. The lowest BCUT2D eigenvalue weighted by Crippen LogP contribution is -2.01. The number of fused-ring (bicyclic) bond motifs is 3. The van der Waals surface area contributed by atoms with E-state index in [1.54, 1.807) is 24.3 Å². The molecule has 1 heterocycles. The maximum atomic E-state index is 14.7. The minimum Gasteiger partial charge on any atom is -0.494 e. The lowest BCUT2D eigenvalue weighted by molar-refractivity contribution is 0.253. The van der Waals surface area contributed by atoms with Gasteiger partial charge in [0.1, 0.15) is 17.4 Å². The summed E-state index contributed by atoms with van der Waals surface area (Å²) in [5.41, 5.74) is 4.91. The summed E-state index contributed by atoms with van der Waals surface area (Å²) in [4.78, 5) is 4.58. The number of halogens is 3. The van der Waals surface area contributed by atoms with E-state index in [2.05, 4.69) is 11.1 Å². The van der Waals surface area contributed by atoms with Crippen molar-refractivity contribution in [3.63, 3.8) is 0 Å². The van der Waals surface area contributed by atoms with Crippen LogP contribution in [0, 0.1) is 17.6 Å². The zero-order valence-corrected chi connectivity index (χ0v) is 19.0. The maximum absolute atomic E-state index is 14.7. The Balaban J connectivity index is 1.31. The Morgan fingerprint density at radius 3 is 2.73 bits per heavy atom. The smallest absolute Gasteiger partial charge is 0.134 e. The number of hydrogen-bond donors (Lipinski definition) is 1. The Hall–Kier alpha value is -2.50. The molecule has 172 valence electrons. The fraction of sp³-hybridized carbons (Fsp3) is 0.370. The van der Waals surface area contributed by atoms with E-state index in [9.17, 15) is 8.78 Å². The van der Waals surface area contributed by atoms with Gasteiger partial charge in [0.05, 0.1) is 11.6 Å². The average molecular weight is 470 g/mol. The first-order valence-electron chi connectivity index (χ1n) is 11.5. The van der Waals surface area contributed by atoms with Crippen molar-refractivity contribution in [1.29, 1.82) is 0 Å². The van der Waals surface area contributed by atoms with Gasteiger partial charge in [-0.05, 0) is 97.4 Å². The topological polar surface area (TPSA) is 42.4 Å². The van der Waals surface area contributed by atoms with Crippen LogP contribution in [0.15, 0.2) is 42.6 Å². The fourth-order valence-corrected chi connectivity index (χ4v) is 5.08. The van der Waals surface area contributed by atoms with Crippen molar-refractivity contribution in [3.05, 3.63) is 81.6 Å². The number of aliphatic hydroxyl groups excluding tert-OH is 1. The molecule has 0 saturated heterocycles. The summed E-state index contributed by atoms with van der Waals surface area (Å²) in [7, 11) is 0. The first-order valence-corrected chi connectivity index (χ1v) is 11.9. The van der Waals surface area contributed by atoms with E-state index in [1.807, 2.05) is 6.20 Å². The molecule has 0 aliphatic heterocycles. The maximum Gasteiger partial charge on any atom is 0.134 e. The third-order valence-electron chi connectivity index (χ3n) is 6.72. The van der Waals surface area contributed by atoms with Gasteiger partial charge in [0, 0.05) is 35.7 Å². The summed E-state index contributed by atoms with van der Waals surface area (Å²) in [5, 5.41) is 9.18. The number of hydrogen-bond acceptors (Lipinski definition) is 3. The van der Waals surface area contributed by atoms with Crippen LogP contribution in [0.25, 0.3) is 11.1 Å². The molecule has 5 rings (SSSR count). The van der Waals surface area contributed by atoms with Crippen molar-refractivity contribution in [2.75, 3.05) is 13.2 Å². The van der Waals surface area contributed by atoms with Gasteiger partial charge in [0.2, 0.25) is 0 Å². The summed E-state index contributed by atoms with van der Waals surface area (Å²) in [6.45, 7) is 0.585. The highest BCUT2D eigenvalue weighted by Gasteiger charge is 2.45. The van der Waals surface area contributed by atoms with Gasteiger partial charge in [0.25, 0.3) is 0 Å². The minimum atomic E-state index is -0.648. The number of aromatic nitrogens is 1. The van der Waals surface area contributed by atoms with Crippen LogP contribution in [0.3, 0.4) is 0 Å². The second-order valence-corrected chi connectivity index (χ2v) is 9.43. The van der Waals surface area contributed by atoms with Gasteiger partial charge in [0.15, 0.2) is 0 Å². The van der Waals surface area contributed by atoms with Crippen LogP contribution in [-0.4, -0.2) is 23.3 Å². The molecule has 3 aromatic rings. The predicted molar refractivity (Wildman–Crippen MR) is 125 cm³/mol. The van der Waals surface area contributed by atoms with Crippen molar-refractivity contribution >= 4 is 11.6 Å². The van der Waals surface area contributed by atoms with Crippen LogP contribution in [0.5, 0.6) is 5.75 Å². The molecule has 3 nitrogen and oxygen atoms in total. The van der Waals surface area contributed by atoms with Gasteiger partial charge in [-0.2, -0.15) is 0 Å². The number of rotatable bonds is 9. The SMILES string of the molecule is OCCCCOc1ccc(-c2cc(CCc3cc4c(cn3)C3CC3C4)c(F)cc2F)c(Cl)c1. The second kappa shape index (κ2) is 9.40. The van der Waals surface area contributed by atoms with E-state index in [-0.39, 0.29) is 12.2 Å². The molecule has 2 unspecified atom stereocenters. The third-order valence-corrected chi connectivity index (χ3v) is 7.04. The number of pyridine rings is 1. The van der Waals surface area contributed by atoms with E-state index in [4.69, 9.17) is 21.4 Å². The molecule has 2 aromatic carbocycles. The van der Waals surface area contributed by atoms with E-state index in [1.165, 1.54) is 17.5 Å². The number of nitrogens with zero attached hydrogens (tertiary/aromatic N) is 1. The van der Waals surface area contributed by atoms with Crippen molar-refractivity contribution in [2.45, 2.75) is 44.4 Å². The van der Waals surface area contributed by atoms with Crippen LogP contribution < -0.4 is 4.74 Å². The largest absolute Gasteiger partial charge is 0.494 e. The van der Waals surface area contributed by atoms with E-state index >= 15 is 0 Å². The van der Waals surface area contributed by atoms with Crippen LogP contribution >= 0.6 is 11.6 Å². The van der Waals surface area contributed by atoms with Crippen LogP contribution in [0.4, 0.5) is 8.78 Å². The van der Waals surface area contributed by atoms with Crippen molar-refractivity contribution < 1.29 is 18.6 Å². The second-order valence-electron chi connectivity index (χ2n) is 9.03. The van der Waals surface area contributed by atoms with Crippen LogP contribution in [0.1, 0.15) is 47.6 Å². The molecule has 2 aliphatic rings. The molecule has 1 saturated carbocycles. The number of unbranched alkanes of at least 4 members (excludes halogenated alkanes) is 1. The zero-order chi connectivity index (χ0) is 22.9. The molecular formula is C27H26ClF2NO2. The lowest BCUT2D eigenvalue weighted by atomic mass is 9.98. The molecular weight excluding hydrogens is 444 g/mol. The van der Waals surface area contributed by atoms with Gasteiger partial charge in [-0.25, -0.2) is 8.78 Å². The lowest BCUT2D eigenvalue weighted by Gasteiger charge is -2.12. The Morgan fingerprint density at radius 1 is 1.03 bits per heavy atom. The summed E-state index contributed by atoms with van der Waals surface area (Å²) in [5.74, 6) is 0.880. The summed E-state index contributed by atoms with van der Waals surface area (Å²) < 4.78 is 34.9. The molecule has 1 N–H and O–H groups in total. The third kappa shape index (κ3) is 4.75. The summed E-state index contributed by atoms with van der Waals surface area (Å²) in [6, 6.07) is 9.69. The van der Waals surface area contributed by atoms with E-state index < -0.39 is 11.6 Å². The average Bonchev–Trinajstić information content (AvgIpc) is 3.47. The normalized spacial score (nSPS) is 18.2. The standard InChI is InChI=1S/C27H26ClF2NO2/c28-25-13-20(33-8-2-1-7-32)5-6-21(25)23-11-16(26(29)14-27(23)30)3-4-19-10-17-9-18-12-22(18)24(17)15-31-19/h5-6,10-11,13-15,18,22,32H,1-4,7-9,12H2. The van der Waals surface area contributed by atoms with Crippen molar-refractivity contribution in [2.24, 2.45) is 5.92 Å². The van der Waals surface area contributed by atoms with Gasteiger partial charge in [-0.15, -0.1) is 0 Å². The molecule has 0 bridgehead atoms. The highest BCUT2D eigenvalue weighted by atomic mass is 35.5. The molecule has 1 aromatic heterocycles. The summed E-state index contributed by atoms with van der Waals surface area (Å²) in [6.07, 6.45) is 6.83. The Kier molecular flexibility index (Phi) is 6.35. The van der Waals surface area contributed by atoms with Gasteiger partial charge >= 0.3 is 0 Å². The Labute approximate surface area is 197 Å². The molecule has 2 atom stereocenters. The van der Waals surface area contributed by atoms with Crippen molar-refractivity contribution in [3.8, 4) is 16.9 Å². The number of aryl methyl sites for hydroxylation is 2. The van der Waals surface area contributed by atoms with E-state index in [0.29, 0.717) is 53.7 Å². The predicted octanol–water partition coefficient (Wildman–Crippen LogP) is 6.28. The van der Waals surface area contributed by atoms with Crippen LogP contribution in [0.2, 0.25) is 5.02 Å². The van der Waals surface area contributed by atoms with E-state index in [0.717, 1.165) is 30.5 Å². The molecule has 0 spiro atoms. The molecule has 2 aliphatic carbocycles. The Bertz CT molecular complexity index is 1180. The zero-order valence-electron chi connectivity index (χ0n) is 18.3. The highest BCUT2D eigenvalue weighted by Crippen LogP contribution is 2.55. The molecule has 33 heavy (non-hydrogen) atoms. The number of ether oxygens (including phenoxy) is 1. The first-order chi connectivity index (χ1) is 16.0. The fourth-order valence-electron chi connectivity index (χ4n) is 4.80. The molecule has 0 amide bonds. The monoisotopic (exact) mass is 469 g/mol.